The van der Waals surface area contributed by atoms with Gasteiger partial charge in [0, 0.05) is 6.07 Å². The predicted octanol–water partition coefficient (Wildman–Crippen LogP) is 1.05. The van der Waals surface area contributed by atoms with Crippen LogP contribution in [0.3, 0.4) is 0 Å². The van der Waals surface area contributed by atoms with Crippen LogP contribution in [-0.2, 0) is 16.0 Å². The molecule has 0 saturated carbocycles. The lowest BCUT2D eigenvalue weighted by atomic mass is 10.2. The highest BCUT2D eigenvalue weighted by molar-refractivity contribution is 5.71. The monoisotopic (exact) mass is 196 g/mol. The fourth-order valence-electron chi connectivity index (χ4n) is 1.11. The van der Waals surface area contributed by atoms with Crippen molar-refractivity contribution in [2.24, 2.45) is 0 Å². The van der Waals surface area contributed by atoms with Crippen LogP contribution >= 0.6 is 0 Å². The molecule has 4 nitrogen and oxygen atoms in total. The first kappa shape index (κ1) is 10.5. The van der Waals surface area contributed by atoms with E-state index in [0.29, 0.717) is 12.4 Å². The second kappa shape index (κ2) is 4.60. The van der Waals surface area contributed by atoms with Gasteiger partial charge in [-0.25, -0.2) is 4.79 Å². The summed E-state index contributed by atoms with van der Waals surface area (Å²) in [5.74, 6) is -0.0466. The third-order valence-electron chi connectivity index (χ3n) is 1.59. The Morgan fingerprint density at radius 1 is 1.50 bits per heavy atom. The maximum atomic E-state index is 11.1. The minimum Gasteiger partial charge on any atom is -0.466 e. The van der Waals surface area contributed by atoms with E-state index in [1.54, 1.807) is 19.9 Å². The van der Waals surface area contributed by atoms with Gasteiger partial charge in [-0.05, 0) is 25.5 Å². The number of esters is 1. The highest BCUT2D eigenvalue weighted by atomic mass is 16.5. The van der Waals surface area contributed by atoms with Gasteiger partial charge in [0.05, 0.1) is 6.61 Å². The van der Waals surface area contributed by atoms with Crippen LogP contribution in [-0.4, -0.2) is 12.6 Å². The maximum Gasteiger partial charge on any atom is 0.336 e. The quantitative estimate of drug-likeness (QED) is 0.678. The first-order valence-electron chi connectivity index (χ1n) is 4.38. The lowest BCUT2D eigenvalue weighted by molar-refractivity contribution is -0.142. The summed E-state index contributed by atoms with van der Waals surface area (Å²) in [6.45, 7) is 3.82. The summed E-state index contributed by atoms with van der Waals surface area (Å²) in [7, 11) is 0. The lowest BCUT2D eigenvalue weighted by Crippen LogP contribution is -2.10. The highest BCUT2D eigenvalue weighted by Gasteiger charge is 2.06. The third kappa shape index (κ3) is 3.05. The standard InChI is InChI=1S/C10H12O4/c1-3-13-9(11)6-8-4-7(2)5-10(12)14-8/h4-5H,3,6H2,1-2H3. The van der Waals surface area contributed by atoms with E-state index in [1.807, 2.05) is 0 Å². The first-order valence-corrected chi connectivity index (χ1v) is 4.38. The van der Waals surface area contributed by atoms with E-state index in [9.17, 15) is 9.59 Å². The molecule has 0 amide bonds. The summed E-state index contributed by atoms with van der Waals surface area (Å²) < 4.78 is 9.54. The van der Waals surface area contributed by atoms with Gasteiger partial charge in [-0.15, -0.1) is 0 Å². The average molecular weight is 196 g/mol. The molecular weight excluding hydrogens is 184 g/mol. The van der Waals surface area contributed by atoms with Crippen LogP contribution < -0.4 is 5.63 Å². The summed E-state index contributed by atoms with van der Waals surface area (Å²) in [4.78, 5) is 22.0. The lowest BCUT2D eigenvalue weighted by Gasteiger charge is -2.01. The fraction of sp³-hybridized carbons (Fsp3) is 0.400. The number of aryl methyl sites for hydroxylation is 1. The second-order valence-corrected chi connectivity index (χ2v) is 2.90. The van der Waals surface area contributed by atoms with Crippen molar-refractivity contribution in [1.29, 1.82) is 0 Å². The Labute approximate surface area is 81.5 Å². The Morgan fingerprint density at radius 3 is 2.79 bits per heavy atom. The fourth-order valence-corrected chi connectivity index (χ4v) is 1.11. The second-order valence-electron chi connectivity index (χ2n) is 2.90. The minimum absolute atomic E-state index is 0.00472. The number of hydrogen-bond acceptors (Lipinski definition) is 4. The van der Waals surface area contributed by atoms with Gasteiger partial charge >= 0.3 is 11.6 Å². The van der Waals surface area contributed by atoms with Gasteiger partial charge in [-0.1, -0.05) is 0 Å². The summed E-state index contributed by atoms with van der Waals surface area (Å²) >= 11 is 0. The van der Waals surface area contributed by atoms with Crippen molar-refractivity contribution in [2.75, 3.05) is 6.61 Å². The molecule has 0 atom stereocenters. The number of rotatable bonds is 3. The number of carbonyl (C=O) groups excluding carboxylic acids is 1. The summed E-state index contributed by atoms with van der Waals surface area (Å²) in [5.41, 5.74) is 0.338. The number of carbonyl (C=O) groups is 1. The maximum absolute atomic E-state index is 11.1. The molecule has 1 aromatic rings. The largest absolute Gasteiger partial charge is 0.466 e. The van der Waals surface area contributed by atoms with Gasteiger partial charge < -0.3 is 9.15 Å². The zero-order chi connectivity index (χ0) is 10.6. The smallest absolute Gasteiger partial charge is 0.336 e. The average Bonchev–Trinajstić information content (AvgIpc) is 2.01. The molecule has 0 fully saturated rings. The van der Waals surface area contributed by atoms with Crippen LogP contribution in [0.4, 0.5) is 0 Å². The van der Waals surface area contributed by atoms with Crippen molar-refractivity contribution in [3.63, 3.8) is 0 Å². The van der Waals surface area contributed by atoms with Crippen molar-refractivity contribution >= 4 is 5.97 Å². The Kier molecular flexibility index (Phi) is 3.45. The van der Waals surface area contributed by atoms with Crippen molar-refractivity contribution < 1.29 is 13.9 Å². The molecule has 0 aromatic carbocycles. The zero-order valence-electron chi connectivity index (χ0n) is 8.20. The summed E-state index contributed by atoms with van der Waals surface area (Å²) in [5, 5.41) is 0. The van der Waals surface area contributed by atoms with Gasteiger partial charge in [0.2, 0.25) is 0 Å². The summed E-state index contributed by atoms with van der Waals surface area (Å²) in [6, 6.07) is 3.02. The van der Waals surface area contributed by atoms with Crippen LogP contribution in [0, 0.1) is 6.92 Å². The van der Waals surface area contributed by atoms with Gasteiger partial charge in [-0.3, -0.25) is 4.79 Å². The number of ether oxygens (including phenoxy) is 1. The first-order chi connectivity index (χ1) is 6.61. The molecule has 0 unspecified atom stereocenters. The van der Waals surface area contributed by atoms with E-state index in [0.717, 1.165) is 5.56 Å². The van der Waals surface area contributed by atoms with Gasteiger partial charge in [-0.2, -0.15) is 0 Å². The Bertz CT molecular complexity index is 378. The molecule has 0 aliphatic rings. The third-order valence-corrected chi connectivity index (χ3v) is 1.59. The molecule has 0 bridgehead atoms. The molecule has 0 aliphatic heterocycles. The van der Waals surface area contributed by atoms with E-state index in [-0.39, 0.29) is 12.4 Å². The predicted molar refractivity (Wildman–Crippen MR) is 50.1 cm³/mol. The van der Waals surface area contributed by atoms with Crippen molar-refractivity contribution in [1.82, 2.24) is 0 Å². The van der Waals surface area contributed by atoms with E-state index < -0.39 is 5.63 Å². The number of hydrogen-bond donors (Lipinski definition) is 0. The van der Waals surface area contributed by atoms with Gasteiger partial charge in [0.1, 0.15) is 12.2 Å². The topological polar surface area (TPSA) is 56.5 Å². The van der Waals surface area contributed by atoms with E-state index in [4.69, 9.17) is 9.15 Å². The van der Waals surface area contributed by atoms with Crippen molar-refractivity contribution in [3.05, 3.63) is 33.9 Å². The normalized spacial score (nSPS) is 9.86. The molecular formula is C10H12O4. The molecule has 1 heterocycles. The molecule has 0 N–H and O–H groups in total. The van der Waals surface area contributed by atoms with Crippen molar-refractivity contribution in [2.45, 2.75) is 20.3 Å². The van der Waals surface area contributed by atoms with Crippen LogP contribution in [0.5, 0.6) is 0 Å². The Hall–Kier alpha value is -1.58. The molecule has 0 saturated heterocycles. The molecule has 4 heteroatoms. The van der Waals surface area contributed by atoms with Crippen LogP contribution in [0.25, 0.3) is 0 Å². The minimum atomic E-state index is -0.440. The molecule has 1 aromatic heterocycles. The summed E-state index contributed by atoms with van der Waals surface area (Å²) in [6.07, 6.45) is 0.00472. The van der Waals surface area contributed by atoms with Crippen LogP contribution in [0.2, 0.25) is 0 Å². The van der Waals surface area contributed by atoms with Crippen LogP contribution in [0.15, 0.2) is 21.3 Å². The van der Waals surface area contributed by atoms with Crippen molar-refractivity contribution in [3.8, 4) is 0 Å². The molecule has 14 heavy (non-hydrogen) atoms. The molecule has 1 rings (SSSR count). The molecule has 0 spiro atoms. The SMILES string of the molecule is CCOC(=O)Cc1cc(C)cc(=O)o1. The zero-order valence-corrected chi connectivity index (χ0v) is 8.20. The van der Waals surface area contributed by atoms with E-state index >= 15 is 0 Å². The molecule has 0 radical (unpaired) electrons. The van der Waals surface area contributed by atoms with E-state index in [2.05, 4.69) is 0 Å². The van der Waals surface area contributed by atoms with Gasteiger partial charge in [0.15, 0.2) is 0 Å². The van der Waals surface area contributed by atoms with Crippen LogP contribution in [0.1, 0.15) is 18.2 Å². The molecule has 0 aliphatic carbocycles. The highest BCUT2D eigenvalue weighted by Crippen LogP contribution is 2.02. The van der Waals surface area contributed by atoms with Gasteiger partial charge in [0.25, 0.3) is 0 Å². The molecule has 76 valence electrons. The van der Waals surface area contributed by atoms with E-state index in [1.165, 1.54) is 6.07 Å². The Balaban J connectivity index is 2.76. The Morgan fingerprint density at radius 2 is 2.21 bits per heavy atom.